The summed E-state index contributed by atoms with van der Waals surface area (Å²) in [5.41, 5.74) is 3.64. The molecular weight excluding hydrogens is 414 g/mol. The summed E-state index contributed by atoms with van der Waals surface area (Å²) in [4.78, 5) is 8.38. The third-order valence-electron chi connectivity index (χ3n) is 5.12. The summed E-state index contributed by atoms with van der Waals surface area (Å²) in [6.07, 6.45) is 4.73. The Kier molecular flexibility index (Phi) is 6.29. The van der Waals surface area contributed by atoms with Gasteiger partial charge < -0.3 is 0 Å². The molecule has 0 bridgehead atoms. The molecule has 0 aliphatic carbocycles. The smallest absolute Gasteiger partial charge is 0.264 e. The van der Waals surface area contributed by atoms with E-state index < -0.39 is 5.92 Å². The number of hydrogen-bond acceptors (Lipinski definition) is 6. The molecule has 0 aliphatic rings. The average molecular weight is 438 g/mol. The monoisotopic (exact) mass is 438 g/mol. The topological polar surface area (TPSA) is 98.1 Å². The van der Waals surface area contributed by atoms with Crippen LogP contribution in [0.25, 0.3) is 22.5 Å². The van der Waals surface area contributed by atoms with Crippen molar-refractivity contribution in [2.75, 3.05) is 0 Å². The number of alkyl halides is 2. The molecule has 1 N–H and O–H groups in total. The van der Waals surface area contributed by atoms with E-state index in [4.69, 9.17) is 0 Å². The SMILES string of the molecule is CCCn1nc(C(F)(F)CCC)nc1Cc1ccc(-c2ccncc2-c2nnn[nH]2)cc1. The summed E-state index contributed by atoms with van der Waals surface area (Å²) in [7, 11) is 0. The van der Waals surface area contributed by atoms with Crippen molar-refractivity contribution in [1.29, 1.82) is 0 Å². The first-order valence-corrected chi connectivity index (χ1v) is 10.6. The van der Waals surface area contributed by atoms with Gasteiger partial charge in [0.1, 0.15) is 5.82 Å². The maximum absolute atomic E-state index is 14.4. The molecule has 1 aromatic carbocycles. The lowest BCUT2D eigenvalue weighted by molar-refractivity contribution is -0.0232. The van der Waals surface area contributed by atoms with Crippen molar-refractivity contribution >= 4 is 0 Å². The zero-order valence-corrected chi connectivity index (χ0v) is 18.0. The predicted molar refractivity (Wildman–Crippen MR) is 115 cm³/mol. The van der Waals surface area contributed by atoms with Crippen molar-refractivity contribution in [3.05, 3.63) is 59.9 Å². The number of halogens is 2. The number of tetrazole rings is 1. The zero-order chi connectivity index (χ0) is 22.6. The van der Waals surface area contributed by atoms with Crippen LogP contribution < -0.4 is 0 Å². The van der Waals surface area contributed by atoms with Crippen LogP contribution in [0.15, 0.2) is 42.7 Å². The van der Waals surface area contributed by atoms with E-state index in [9.17, 15) is 8.78 Å². The quantitative estimate of drug-likeness (QED) is 0.416. The molecule has 0 atom stereocenters. The lowest BCUT2D eigenvalue weighted by atomic mass is 9.99. The second kappa shape index (κ2) is 9.29. The standard InChI is InChI=1S/C22H24F2N8/c1-3-10-22(23,24)21-26-19(32(29-21)12-4-2)13-15-5-7-16(8-6-15)17-9-11-25-14-18(17)20-27-30-31-28-20/h5-9,11,14H,3-4,10,12-13H2,1-2H3,(H,27,28,30,31). The highest BCUT2D eigenvalue weighted by Gasteiger charge is 2.36. The molecule has 10 heteroatoms. The van der Waals surface area contributed by atoms with E-state index in [2.05, 4.69) is 35.7 Å². The Bertz CT molecular complexity index is 1150. The number of rotatable bonds is 9. The van der Waals surface area contributed by atoms with Crippen LogP contribution in [-0.2, 0) is 18.9 Å². The van der Waals surface area contributed by atoms with Gasteiger partial charge in [0.15, 0.2) is 5.82 Å². The maximum atomic E-state index is 14.4. The van der Waals surface area contributed by atoms with Gasteiger partial charge in [-0.15, -0.1) is 10.2 Å². The Balaban J connectivity index is 1.60. The highest BCUT2D eigenvalue weighted by atomic mass is 19.3. The predicted octanol–water partition coefficient (Wildman–Crippen LogP) is 4.41. The first-order chi connectivity index (χ1) is 15.5. The van der Waals surface area contributed by atoms with E-state index in [-0.39, 0.29) is 12.2 Å². The summed E-state index contributed by atoms with van der Waals surface area (Å²) in [6, 6.07) is 9.78. The van der Waals surface area contributed by atoms with Gasteiger partial charge in [0.05, 0.1) is 0 Å². The molecule has 0 aliphatic heterocycles. The number of nitrogens with zero attached hydrogens (tertiary/aromatic N) is 7. The summed E-state index contributed by atoms with van der Waals surface area (Å²) >= 11 is 0. The molecule has 0 amide bonds. The Labute approximate surface area is 184 Å². The number of nitrogens with one attached hydrogen (secondary N) is 1. The maximum Gasteiger partial charge on any atom is 0.308 e. The molecular formula is C22H24F2N8. The Morgan fingerprint density at radius 3 is 2.53 bits per heavy atom. The zero-order valence-electron chi connectivity index (χ0n) is 18.0. The summed E-state index contributed by atoms with van der Waals surface area (Å²) in [6.45, 7) is 4.27. The number of aromatic amines is 1. The van der Waals surface area contributed by atoms with Crippen molar-refractivity contribution in [2.24, 2.45) is 0 Å². The van der Waals surface area contributed by atoms with Crippen molar-refractivity contribution in [2.45, 2.75) is 52.0 Å². The molecule has 0 saturated carbocycles. The molecule has 3 heterocycles. The third kappa shape index (κ3) is 4.53. The molecule has 0 unspecified atom stereocenters. The van der Waals surface area contributed by atoms with E-state index in [0.29, 0.717) is 31.0 Å². The van der Waals surface area contributed by atoms with Crippen LogP contribution in [0.4, 0.5) is 8.78 Å². The van der Waals surface area contributed by atoms with E-state index >= 15 is 0 Å². The normalized spacial score (nSPS) is 11.8. The number of aryl methyl sites for hydroxylation is 1. The van der Waals surface area contributed by atoms with Crippen molar-refractivity contribution in [3.8, 4) is 22.5 Å². The van der Waals surface area contributed by atoms with Gasteiger partial charge >= 0.3 is 5.92 Å². The van der Waals surface area contributed by atoms with Crippen LogP contribution >= 0.6 is 0 Å². The highest BCUT2D eigenvalue weighted by molar-refractivity contribution is 5.79. The van der Waals surface area contributed by atoms with Gasteiger partial charge in [-0.25, -0.2) is 14.8 Å². The molecule has 0 spiro atoms. The molecule has 4 rings (SSSR count). The molecule has 3 aromatic heterocycles. The van der Waals surface area contributed by atoms with Gasteiger partial charge in [0.2, 0.25) is 5.82 Å². The third-order valence-corrected chi connectivity index (χ3v) is 5.12. The Hall–Kier alpha value is -3.56. The molecule has 0 fully saturated rings. The van der Waals surface area contributed by atoms with Gasteiger partial charge in [0, 0.05) is 37.3 Å². The van der Waals surface area contributed by atoms with Crippen LogP contribution in [0.3, 0.4) is 0 Å². The van der Waals surface area contributed by atoms with Gasteiger partial charge in [0.25, 0.3) is 0 Å². The molecule has 4 aromatic rings. The average Bonchev–Trinajstić information content (AvgIpc) is 3.46. The highest BCUT2D eigenvalue weighted by Crippen LogP contribution is 2.31. The van der Waals surface area contributed by atoms with E-state index in [1.54, 1.807) is 24.0 Å². The Morgan fingerprint density at radius 1 is 1.03 bits per heavy atom. The fourth-order valence-electron chi connectivity index (χ4n) is 3.57. The number of aromatic nitrogens is 8. The first kappa shape index (κ1) is 21.7. The van der Waals surface area contributed by atoms with E-state index in [0.717, 1.165) is 28.7 Å². The van der Waals surface area contributed by atoms with Crippen molar-refractivity contribution < 1.29 is 8.78 Å². The molecule has 0 radical (unpaired) electrons. The fraction of sp³-hybridized carbons (Fsp3) is 0.364. The molecule has 8 nitrogen and oxygen atoms in total. The molecule has 32 heavy (non-hydrogen) atoms. The Morgan fingerprint density at radius 2 is 1.84 bits per heavy atom. The second-order valence-electron chi connectivity index (χ2n) is 7.57. The lowest BCUT2D eigenvalue weighted by Gasteiger charge is -2.10. The molecule has 166 valence electrons. The summed E-state index contributed by atoms with van der Waals surface area (Å²) < 4.78 is 30.3. The lowest BCUT2D eigenvalue weighted by Crippen LogP contribution is -2.15. The van der Waals surface area contributed by atoms with Crippen LogP contribution in [-0.4, -0.2) is 40.4 Å². The van der Waals surface area contributed by atoms with Crippen LogP contribution in [0.5, 0.6) is 0 Å². The fourth-order valence-corrected chi connectivity index (χ4v) is 3.57. The minimum Gasteiger partial charge on any atom is -0.264 e. The van der Waals surface area contributed by atoms with Gasteiger partial charge in [-0.05, 0) is 46.0 Å². The number of pyridine rings is 1. The van der Waals surface area contributed by atoms with Crippen LogP contribution in [0, 0.1) is 0 Å². The second-order valence-corrected chi connectivity index (χ2v) is 7.57. The van der Waals surface area contributed by atoms with Crippen molar-refractivity contribution in [1.82, 2.24) is 40.4 Å². The largest absolute Gasteiger partial charge is 0.308 e. The van der Waals surface area contributed by atoms with Gasteiger partial charge in [-0.3, -0.25) is 4.98 Å². The van der Waals surface area contributed by atoms with Gasteiger partial charge in [-0.2, -0.15) is 8.78 Å². The summed E-state index contributed by atoms with van der Waals surface area (Å²) in [5.74, 6) is -2.32. The van der Waals surface area contributed by atoms with Crippen LogP contribution in [0.1, 0.15) is 50.3 Å². The number of H-pyrrole nitrogens is 1. The summed E-state index contributed by atoms with van der Waals surface area (Å²) in [5, 5.41) is 18.1. The van der Waals surface area contributed by atoms with E-state index in [1.807, 2.05) is 37.3 Å². The van der Waals surface area contributed by atoms with Gasteiger partial charge in [-0.1, -0.05) is 38.1 Å². The van der Waals surface area contributed by atoms with Crippen LogP contribution in [0.2, 0.25) is 0 Å². The number of benzene rings is 1. The van der Waals surface area contributed by atoms with Crippen molar-refractivity contribution in [3.63, 3.8) is 0 Å². The minimum atomic E-state index is -3.01. The van der Waals surface area contributed by atoms with E-state index in [1.165, 1.54) is 0 Å². The first-order valence-electron chi connectivity index (χ1n) is 10.6. The number of hydrogen-bond donors (Lipinski definition) is 1. The minimum absolute atomic E-state index is 0.258. The molecule has 0 saturated heterocycles.